The molecule has 110 valence electrons. The molecule has 0 N–H and O–H groups in total. The van der Waals surface area contributed by atoms with Crippen molar-refractivity contribution < 1.29 is 27.2 Å². The average molecular weight is 355 g/mol. The topological polar surface area (TPSA) is 53.8 Å². The Morgan fingerprint density at radius 3 is 2.10 bits per heavy atom. The molecule has 9 heteroatoms. The summed E-state index contributed by atoms with van der Waals surface area (Å²) in [6.45, 7) is -0.212. The maximum atomic E-state index is 12.3. The Morgan fingerprint density at radius 2 is 1.65 bits per heavy atom. The second-order valence-corrected chi connectivity index (χ2v) is 4.97. The van der Waals surface area contributed by atoms with Crippen molar-refractivity contribution in [3.63, 3.8) is 0 Å². The van der Waals surface area contributed by atoms with E-state index in [1.165, 1.54) is 11.0 Å². The normalized spacial score (nSPS) is 16.4. The van der Waals surface area contributed by atoms with Crippen molar-refractivity contribution in [2.75, 3.05) is 26.2 Å². The summed E-state index contributed by atoms with van der Waals surface area (Å²) in [5.41, 5.74) is 0. The first-order valence-electron chi connectivity index (χ1n) is 5.70. The van der Waals surface area contributed by atoms with E-state index in [1.54, 1.807) is 6.07 Å². The highest BCUT2D eigenvalue weighted by Gasteiger charge is 2.43. The smallest absolute Gasteiger partial charge is 0.444 e. The van der Waals surface area contributed by atoms with E-state index in [0.29, 0.717) is 9.57 Å². The van der Waals surface area contributed by atoms with Crippen LogP contribution in [-0.4, -0.2) is 54.0 Å². The van der Waals surface area contributed by atoms with Crippen LogP contribution in [0.15, 0.2) is 21.2 Å². The standard InChI is InChI=1S/C11H10BrF3N2O3/c12-8-2-1-7(20-8)9(18)16-3-5-17(6-4-16)10(19)11(13,14)15/h1-2H,3-6H2. The van der Waals surface area contributed by atoms with Crippen LogP contribution in [0, 0.1) is 0 Å². The van der Waals surface area contributed by atoms with E-state index in [4.69, 9.17) is 4.42 Å². The van der Waals surface area contributed by atoms with Crippen LogP contribution >= 0.6 is 15.9 Å². The number of halogens is 4. The first-order chi connectivity index (χ1) is 9.29. The Labute approximate surface area is 120 Å². The third kappa shape index (κ3) is 3.14. The van der Waals surface area contributed by atoms with Crippen LogP contribution in [0.25, 0.3) is 0 Å². The molecule has 1 aliphatic rings. The van der Waals surface area contributed by atoms with Crippen LogP contribution in [0.5, 0.6) is 0 Å². The van der Waals surface area contributed by atoms with Gasteiger partial charge in [-0.05, 0) is 28.1 Å². The van der Waals surface area contributed by atoms with E-state index in [-0.39, 0.29) is 31.9 Å². The molecule has 1 aromatic rings. The fraction of sp³-hybridized carbons (Fsp3) is 0.455. The Balaban J connectivity index is 1.95. The third-order valence-corrected chi connectivity index (χ3v) is 3.31. The lowest BCUT2D eigenvalue weighted by Crippen LogP contribution is -2.53. The molecule has 2 rings (SSSR count). The SMILES string of the molecule is O=C(c1ccc(Br)o1)N1CCN(C(=O)C(F)(F)F)CC1. The predicted octanol–water partition coefficient (Wildman–Crippen LogP) is 1.89. The van der Waals surface area contributed by atoms with Gasteiger partial charge in [0, 0.05) is 26.2 Å². The summed E-state index contributed by atoms with van der Waals surface area (Å²) < 4.78 is 42.3. The monoisotopic (exact) mass is 354 g/mol. The van der Waals surface area contributed by atoms with Gasteiger partial charge in [-0.15, -0.1) is 0 Å². The van der Waals surface area contributed by atoms with Gasteiger partial charge in [0.2, 0.25) is 0 Å². The number of amides is 2. The van der Waals surface area contributed by atoms with Crippen molar-refractivity contribution in [1.29, 1.82) is 0 Å². The van der Waals surface area contributed by atoms with Crippen LogP contribution in [0.2, 0.25) is 0 Å². The molecule has 0 saturated carbocycles. The van der Waals surface area contributed by atoms with E-state index >= 15 is 0 Å². The lowest BCUT2D eigenvalue weighted by Gasteiger charge is -2.34. The van der Waals surface area contributed by atoms with Crippen molar-refractivity contribution in [1.82, 2.24) is 9.80 Å². The number of furan rings is 1. The Hall–Kier alpha value is -1.51. The van der Waals surface area contributed by atoms with Crippen LogP contribution < -0.4 is 0 Å². The van der Waals surface area contributed by atoms with Crippen LogP contribution in [0.1, 0.15) is 10.6 Å². The van der Waals surface area contributed by atoms with Gasteiger partial charge in [-0.2, -0.15) is 13.2 Å². The molecule has 0 spiro atoms. The molecule has 1 fully saturated rings. The molecule has 5 nitrogen and oxygen atoms in total. The largest absolute Gasteiger partial charge is 0.471 e. The highest BCUT2D eigenvalue weighted by Crippen LogP contribution is 2.20. The van der Waals surface area contributed by atoms with E-state index in [2.05, 4.69) is 15.9 Å². The molecule has 0 radical (unpaired) electrons. The van der Waals surface area contributed by atoms with Gasteiger partial charge in [-0.1, -0.05) is 0 Å². The number of carbonyl (C=O) groups excluding carboxylic acids is 2. The van der Waals surface area contributed by atoms with Gasteiger partial charge >= 0.3 is 12.1 Å². The van der Waals surface area contributed by atoms with Gasteiger partial charge in [-0.25, -0.2) is 0 Å². The molecule has 0 aromatic carbocycles. The number of piperazine rings is 1. The predicted molar refractivity (Wildman–Crippen MR) is 64.9 cm³/mol. The zero-order valence-electron chi connectivity index (χ0n) is 10.1. The molecular weight excluding hydrogens is 345 g/mol. The number of carbonyl (C=O) groups is 2. The summed E-state index contributed by atoms with van der Waals surface area (Å²) in [5, 5.41) is 0. The Morgan fingerprint density at radius 1 is 1.10 bits per heavy atom. The number of hydrogen-bond acceptors (Lipinski definition) is 3. The molecule has 1 aliphatic heterocycles. The van der Waals surface area contributed by atoms with Gasteiger partial charge in [-0.3, -0.25) is 9.59 Å². The summed E-state index contributed by atoms with van der Waals surface area (Å²) in [6, 6.07) is 3.02. The zero-order valence-corrected chi connectivity index (χ0v) is 11.7. The Bertz CT molecular complexity index is 521. The van der Waals surface area contributed by atoms with Gasteiger partial charge in [0.25, 0.3) is 5.91 Å². The van der Waals surface area contributed by atoms with Gasteiger partial charge in [0.05, 0.1) is 0 Å². The molecule has 1 saturated heterocycles. The molecule has 0 unspecified atom stereocenters. The number of nitrogens with zero attached hydrogens (tertiary/aromatic N) is 2. The van der Waals surface area contributed by atoms with Crippen molar-refractivity contribution in [3.8, 4) is 0 Å². The summed E-state index contributed by atoms with van der Waals surface area (Å²) in [6.07, 6.45) is -4.88. The summed E-state index contributed by atoms with van der Waals surface area (Å²) >= 11 is 3.06. The minimum Gasteiger partial charge on any atom is -0.444 e. The fourth-order valence-electron chi connectivity index (χ4n) is 1.88. The quantitative estimate of drug-likeness (QED) is 0.773. The molecule has 20 heavy (non-hydrogen) atoms. The molecule has 2 heterocycles. The summed E-state index contributed by atoms with van der Waals surface area (Å²) in [5.74, 6) is -2.17. The van der Waals surface area contributed by atoms with Gasteiger partial charge in [0.1, 0.15) is 0 Å². The van der Waals surface area contributed by atoms with Crippen molar-refractivity contribution >= 4 is 27.7 Å². The molecule has 0 aliphatic carbocycles. The summed E-state index contributed by atoms with van der Waals surface area (Å²) in [4.78, 5) is 25.1. The van der Waals surface area contributed by atoms with Crippen molar-refractivity contribution in [2.45, 2.75) is 6.18 Å². The molecule has 0 atom stereocenters. The Kier molecular flexibility index (Phi) is 4.07. The molecule has 0 bridgehead atoms. The van der Waals surface area contributed by atoms with Gasteiger partial charge < -0.3 is 14.2 Å². The first kappa shape index (κ1) is 14.9. The maximum absolute atomic E-state index is 12.3. The second-order valence-electron chi connectivity index (χ2n) is 4.19. The number of alkyl halides is 3. The summed E-state index contributed by atoms with van der Waals surface area (Å²) in [7, 11) is 0. The maximum Gasteiger partial charge on any atom is 0.471 e. The van der Waals surface area contributed by atoms with Crippen molar-refractivity contribution in [3.05, 3.63) is 22.6 Å². The lowest BCUT2D eigenvalue weighted by atomic mass is 10.2. The van der Waals surface area contributed by atoms with E-state index in [1.807, 2.05) is 0 Å². The average Bonchev–Trinajstić information content (AvgIpc) is 2.83. The molecule has 1 aromatic heterocycles. The minimum atomic E-state index is -4.88. The van der Waals surface area contributed by atoms with Crippen LogP contribution in [0.3, 0.4) is 0 Å². The molecular formula is C11H10BrF3N2O3. The van der Waals surface area contributed by atoms with Gasteiger partial charge in [0.15, 0.2) is 10.4 Å². The van der Waals surface area contributed by atoms with Crippen molar-refractivity contribution in [2.24, 2.45) is 0 Å². The first-order valence-corrected chi connectivity index (χ1v) is 6.49. The number of rotatable bonds is 1. The van der Waals surface area contributed by atoms with Crippen LogP contribution in [0.4, 0.5) is 13.2 Å². The number of hydrogen-bond donors (Lipinski definition) is 0. The second kappa shape index (κ2) is 5.47. The molecule has 2 amide bonds. The minimum absolute atomic E-state index is 0.0406. The highest BCUT2D eigenvalue weighted by atomic mass is 79.9. The van der Waals surface area contributed by atoms with E-state index in [9.17, 15) is 22.8 Å². The highest BCUT2D eigenvalue weighted by molar-refractivity contribution is 9.10. The zero-order chi connectivity index (χ0) is 14.9. The third-order valence-electron chi connectivity index (χ3n) is 2.88. The lowest BCUT2D eigenvalue weighted by molar-refractivity contribution is -0.186. The van der Waals surface area contributed by atoms with Crippen LogP contribution in [-0.2, 0) is 4.79 Å². The fourth-order valence-corrected chi connectivity index (χ4v) is 2.18. The van der Waals surface area contributed by atoms with E-state index < -0.39 is 18.0 Å². The van der Waals surface area contributed by atoms with E-state index in [0.717, 1.165) is 0 Å².